The summed E-state index contributed by atoms with van der Waals surface area (Å²) in [5.74, 6) is 0.845. The summed E-state index contributed by atoms with van der Waals surface area (Å²) in [4.78, 5) is 11.6. The van der Waals surface area contributed by atoms with Gasteiger partial charge >= 0.3 is 5.97 Å². The Morgan fingerprint density at radius 2 is 1.97 bits per heavy atom. The number of benzene rings is 1. The van der Waals surface area contributed by atoms with Crippen LogP contribution in [-0.2, 0) is 20.9 Å². The second-order valence-electron chi connectivity index (χ2n) is 10.2. The first-order valence-corrected chi connectivity index (χ1v) is 12.0. The standard InChI is InChI=1S/C28H40O5/c1-7-8-25(30)28(5)24-14-9-19(2)23(18-32-20(3)29)27(24,4)16-15-26(28)33-17-21-10-12-22(31-6)13-11-21/h7,10-13,23-26,30H,1-2,8-9,14-18H2,3-6H3/t23-,24+,25+,26-,27+,28+/m0/s1. The zero-order valence-electron chi connectivity index (χ0n) is 20.6. The van der Waals surface area contributed by atoms with Crippen molar-refractivity contribution in [3.8, 4) is 5.75 Å². The number of hydrogen-bond donors (Lipinski definition) is 1. The molecule has 0 aromatic heterocycles. The van der Waals surface area contributed by atoms with E-state index in [0.29, 0.717) is 19.6 Å². The van der Waals surface area contributed by atoms with Crippen LogP contribution in [0.2, 0.25) is 0 Å². The van der Waals surface area contributed by atoms with Gasteiger partial charge in [-0.3, -0.25) is 4.79 Å². The summed E-state index contributed by atoms with van der Waals surface area (Å²) in [6.45, 7) is 15.0. The number of aliphatic hydroxyl groups excluding tert-OH is 1. The predicted octanol–water partition coefficient (Wildman–Crippen LogP) is 5.47. The smallest absolute Gasteiger partial charge is 0.302 e. The molecule has 2 aliphatic carbocycles. The molecule has 1 N–H and O–H groups in total. The van der Waals surface area contributed by atoms with Gasteiger partial charge in [0.05, 0.1) is 32.5 Å². The molecule has 0 spiro atoms. The fourth-order valence-corrected chi connectivity index (χ4v) is 6.44. The monoisotopic (exact) mass is 456 g/mol. The molecular formula is C28H40O5. The molecule has 3 rings (SSSR count). The van der Waals surface area contributed by atoms with Crippen LogP contribution in [0.1, 0.15) is 58.4 Å². The predicted molar refractivity (Wildman–Crippen MR) is 130 cm³/mol. The van der Waals surface area contributed by atoms with Gasteiger partial charge in [-0.05, 0) is 61.1 Å². The summed E-state index contributed by atoms with van der Waals surface area (Å²) in [5.41, 5.74) is 1.65. The molecule has 2 saturated carbocycles. The number of rotatable bonds is 9. The Morgan fingerprint density at radius 1 is 1.27 bits per heavy atom. The third-order valence-corrected chi connectivity index (χ3v) is 8.40. The van der Waals surface area contributed by atoms with Crippen molar-refractivity contribution in [3.63, 3.8) is 0 Å². The van der Waals surface area contributed by atoms with Crippen molar-refractivity contribution in [3.05, 3.63) is 54.6 Å². The molecule has 5 nitrogen and oxygen atoms in total. The highest BCUT2D eigenvalue weighted by molar-refractivity contribution is 5.65. The summed E-state index contributed by atoms with van der Waals surface area (Å²) in [6.07, 6.45) is 5.23. The number of methoxy groups -OCH3 is 1. The van der Waals surface area contributed by atoms with Gasteiger partial charge in [-0.1, -0.05) is 44.2 Å². The molecule has 182 valence electrons. The minimum atomic E-state index is -0.568. The van der Waals surface area contributed by atoms with E-state index >= 15 is 0 Å². The lowest BCUT2D eigenvalue weighted by Crippen LogP contribution is -2.61. The second kappa shape index (κ2) is 10.4. The van der Waals surface area contributed by atoms with E-state index in [1.54, 1.807) is 13.2 Å². The number of esters is 1. The fraction of sp³-hybridized carbons (Fsp3) is 0.607. The SMILES string of the molecule is C=CC[C@@H](O)[C@]1(C)[C@@H](OCc2ccc(OC)cc2)CC[C@@]2(C)[C@H]1CCC(=C)[C@@H]2COC(C)=O. The Bertz CT molecular complexity index is 846. The number of ether oxygens (including phenoxy) is 3. The summed E-state index contributed by atoms with van der Waals surface area (Å²) in [7, 11) is 1.66. The minimum absolute atomic E-state index is 0.0814. The van der Waals surface area contributed by atoms with Crippen LogP contribution < -0.4 is 4.74 Å². The van der Waals surface area contributed by atoms with Gasteiger partial charge < -0.3 is 19.3 Å². The first-order valence-electron chi connectivity index (χ1n) is 12.0. The Hall–Kier alpha value is -2.11. The summed E-state index contributed by atoms with van der Waals surface area (Å²) >= 11 is 0. The molecule has 0 unspecified atom stereocenters. The van der Waals surface area contributed by atoms with Gasteiger partial charge in [0, 0.05) is 18.3 Å². The van der Waals surface area contributed by atoms with Crippen LogP contribution in [0.25, 0.3) is 0 Å². The average Bonchev–Trinajstić information content (AvgIpc) is 2.78. The molecule has 5 heteroatoms. The first-order chi connectivity index (χ1) is 15.7. The largest absolute Gasteiger partial charge is 0.497 e. The van der Waals surface area contributed by atoms with Crippen molar-refractivity contribution in [2.45, 2.75) is 71.7 Å². The molecule has 0 amide bonds. The molecule has 1 aromatic rings. The molecule has 2 aliphatic rings. The van der Waals surface area contributed by atoms with Crippen LogP contribution in [0.5, 0.6) is 5.75 Å². The molecule has 0 radical (unpaired) electrons. The average molecular weight is 457 g/mol. The number of carbonyl (C=O) groups excluding carboxylic acids is 1. The number of hydrogen-bond acceptors (Lipinski definition) is 5. The van der Waals surface area contributed by atoms with Crippen LogP contribution in [0, 0.1) is 22.7 Å². The van der Waals surface area contributed by atoms with Crippen molar-refractivity contribution in [1.82, 2.24) is 0 Å². The van der Waals surface area contributed by atoms with Crippen molar-refractivity contribution < 1.29 is 24.1 Å². The van der Waals surface area contributed by atoms with Crippen LogP contribution in [-0.4, -0.2) is 37.0 Å². The van der Waals surface area contributed by atoms with E-state index < -0.39 is 11.5 Å². The molecular weight excluding hydrogens is 416 g/mol. The van der Waals surface area contributed by atoms with E-state index in [0.717, 1.165) is 42.6 Å². The van der Waals surface area contributed by atoms with E-state index in [4.69, 9.17) is 14.2 Å². The fourth-order valence-electron chi connectivity index (χ4n) is 6.44. The molecule has 33 heavy (non-hydrogen) atoms. The second-order valence-corrected chi connectivity index (χ2v) is 10.2. The normalized spacial score (nSPS) is 32.5. The molecule has 2 fully saturated rings. The van der Waals surface area contributed by atoms with Crippen LogP contribution in [0.3, 0.4) is 0 Å². The number of fused-ring (bicyclic) bond motifs is 1. The van der Waals surface area contributed by atoms with E-state index in [9.17, 15) is 9.90 Å². The van der Waals surface area contributed by atoms with Gasteiger partial charge in [-0.2, -0.15) is 0 Å². The van der Waals surface area contributed by atoms with Crippen LogP contribution in [0.15, 0.2) is 49.1 Å². The number of carbonyl (C=O) groups is 1. The Kier molecular flexibility index (Phi) is 8.07. The molecule has 0 heterocycles. The van der Waals surface area contributed by atoms with Gasteiger partial charge in [-0.15, -0.1) is 6.58 Å². The summed E-state index contributed by atoms with van der Waals surface area (Å²) < 4.78 is 17.3. The molecule has 0 saturated heterocycles. The van der Waals surface area contributed by atoms with Gasteiger partial charge in [-0.25, -0.2) is 0 Å². The van der Waals surface area contributed by atoms with Crippen molar-refractivity contribution in [2.24, 2.45) is 22.7 Å². The van der Waals surface area contributed by atoms with Gasteiger partial charge in [0.25, 0.3) is 0 Å². The van der Waals surface area contributed by atoms with Gasteiger partial charge in [0.2, 0.25) is 0 Å². The highest BCUT2D eigenvalue weighted by Gasteiger charge is 2.60. The quantitative estimate of drug-likeness (QED) is 0.394. The van der Waals surface area contributed by atoms with Gasteiger partial charge in [0.1, 0.15) is 5.75 Å². The van der Waals surface area contributed by atoms with Crippen molar-refractivity contribution in [1.29, 1.82) is 0 Å². The Labute approximate surface area is 198 Å². The maximum atomic E-state index is 11.6. The topological polar surface area (TPSA) is 65.0 Å². The molecule has 0 bridgehead atoms. The number of aliphatic hydroxyl groups is 1. The van der Waals surface area contributed by atoms with E-state index in [2.05, 4.69) is 27.0 Å². The molecule has 0 aliphatic heterocycles. The third-order valence-electron chi connectivity index (χ3n) is 8.40. The highest BCUT2D eigenvalue weighted by Crippen LogP contribution is 2.63. The lowest BCUT2D eigenvalue weighted by molar-refractivity contribution is -0.204. The van der Waals surface area contributed by atoms with E-state index in [1.165, 1.54) is 6.92 Å². The van der Waals surface area contributed by atoms with Crippen molar-refractivity contribution >= 4 is 5.97 Å². The minimum Gasteiger partial charge on any atom is -0.497 e. The van der Waals surface area contributed by atoms with Crippen molar-refractivity contribution in [2.75, 3.05) is 13.7 Å². The molecule has 1 aromatic carbocycles. The lowest BCUT2D eigenvalue weighted by Gasteiger charge is -2.62. The van der Waals surface area contributed by atoms with E-state index in [-0.39, 0.29) is 29.3 Å². The maximum absolute atomic E-state index is 11.6. The maximum Gasteiger partial charge on any atom is 0.302 e. The summed E-state index contributed by atoms with van der Waals surface area (Å²) in [6, 6.07) is 7.91. The van der Waals surface area contributed by atoms with Gasteiger partial charge in [0.15, 0.2) is 0 Å². The zero-order chi connectivity index (χ0) is 24.2. The molecule has 6 atom stereocenters. The first kappa shape index (κ1) is 25.5. The summed E-state index contributed by atoms with van der Waals surface area (Å²) in [5, 5.41) is 11.4. The van der Waals surface area contributed by atoms with Crippen LogP contribution >= 0.6 is 0 Å². The van der Waals surface area contributed by atoms with E-state index in [1.807, 2.05) is 24.3 Å². The Balaban J connectivity index is 1.88. The Morgan fingerprint density at radius 3 is 2.58 bits per heavy atom. The lowest BCUT2D eigenvalue weighted by atomic mass is 9.45. The van der Waals surface area contributed by atoms with Crippen LogP contribution in [0.4, 0.5) is 0 Å². The zero-order valence-corrected chi connectivity index (χ0v) is 20.6. The highest BCUT2D eigenvalue weighted by atomic mass is 16.5. The third kappa shape index (κ3) is 5.04.